The van der Waals surface area contributed by atoms with E-state index in [1.807, 2.05) is 20.8 Å². The molecule has 2 rings (SSSR count). The van der Waals surface area contributed by atoms with Gasteiger partial charge in [-0.05, 0) is 38.5 Å². The average Bonchev–Trinajstić information content (AvgIpc) is 2.74. The molecule has 0 aliphatic rings. The molecule has 1 unspecified atom stereocenters. The Morgan fingerprint density at radius 2 is 2.19 bits per heavy atom. The van der Waals surface area contributed by atoms with Crippen LogP contribution in [0.15, 0.2) is 18.2 Å². The predicted octanol–water partition coefficient (Wildman–Crippen LogP) is 3.45. The molecule has 0 aliphatic heterocycles. The Kier molecular flexibility index (Phi) is 4.69. The fourth-order valence-corrected chi connectivity index (χ4v) is 3.11. The summed E-state index contributed by atoms with van der Waals surface area (Å²) in [5.74, 6) is -1.96. The van der Waals surface area contributed by atoms with Crippen molar-refractivity contribution in [2.45, 2.75) is 33.4 Å². The van der Waals surface area contributed by atoms with E-state index in [0.29, 0.717) is 12.1 Å². The fraction of sp³-hybridized carbons (Fsp3) is 0.333. The summed E-state index contributed by atoms with van der Waals surface area (Å²) >= 11 is 1.64. The maximum Gasteiger partial charge on any atom is 0.338 e. The van der Waals surface area contributed by atoms with Crippen LogP contribution in [0.25, 0.3) is 0 Å². The van der Waals surface area contributed by atoms with Gasteiger partial charge in [-0.25, -0.2) is 14.2 Å². The lowest BCUT2D eigenvalue weighted by molar-refractivity contribution is 0.0692. The summed E-state index contributed by atoms with van der Waals surface area (Å²) in [7, 11) is 0. The van der Waals surface area contributed by atoms with Crippen molar-refractivity contribution in [3.8, 4) is 0 Å². The summed E-state index contributed by atoms with van der Waals surface area (Å²) in [4.78, 5) is 16.3. The molecule has 2 aromatic rings. The Balaban J connectivity index is 2.04. The molecule has 0 spiro atoms. The third-order valence-corrected chi connectivity index (χ3v) is 4.46. The number of halogens is 1. The molecule has 2 N–H and O–H groups in total. The van der Waals surface area contributed by atoms with Crippen LogP contribution in [0.2, 0.25) is 0 Å². The Labute approximate surface area is 126 Å². The number of hydrogen-bond acceptors (Lipinski definition) is 4. The van der Waals surface area contributed by atoms with Crippen LogP contribution in [0.4, 0.5) is 4.39 Å². The van der Waals surface area contributed by atoms with Gasteiger partial charge in [-0.15, -0.1) is 11.3 Å². The van der Waals surface area contributed by atoms with E-state index >= 15 is 0 Å². The van der Waals surface area contributed by atoms with Crippen LogP contribution in [0.1, 0.15) is 44.5 Å². The van der Waals surface area contributed by atoms with Gasteiger partial charge in [0, 0.05) is 17.5 Å². The number of carboxylic acids is 1. The third kappa shape index (κ3) is 3.65. The zero-order chi connectivity index (χ0) is 15.6. The number of aromatic nitrogens is 1. The second-order valence-electron chi connectivity index (χ2n) is 4.90. The maximum absolute atomic E-state index is 13.6. The van der Waals surface area contributed by atoms with Gasteiger partial charge in [-0.3, -0.25) is 0 Å². The van der Waals surface area contributed by atoms with E-state index in [4.69, 9.17) is 5.11 Å². The Bertz CT molecular complexity index is 670. The molecule has 21 heavy (non-hydrogen) atoms. The van der Waals surface area contributed by atoms with Crippen molar-refractivity contribution in [2.75, 3.05) is 0 Å². The van der Waals surface area contributed by atoms with Gasteiger partial charge in [-0.2, -0.15) is 0 Å². The van der Waals surface area contributed by atoms with Crippen LogP contribution in [0.3, 0.4) is 0 Å². The number of benzene rings is 1. The number of nitrogens with zero attached hydrogens (tertiary/aromatic N) is 1. The first-order valence-corrected chi connectivity index (χ1v) is 7.39. The lowest BCUT2D eigenvalue weighted by atomic mass is 10.1. The SMILES string of the molecule is Cc1nc(C)c(C(C)NCc2ccc(C(=O)O)c(F)c2)s1. The van der Waals surface area contributed by atoms with Crippen LogP contribution in [-0.2, 0) is 6.54 Å². The molecular weight excluding hydrogens is 291 g/mol. The molecule has 4 nitrogen and oxygen atoms in total. The first-order valence-electron chi connectivity index (χ1n) is 6.57. The second-order valence-corrected chi connectivity index (χ2v) is 6.14. The molecule has 1 heterocycles. The monoisotopic (exact) mass is 308 g/mol. The minimum atomic E-state index is -1.25. The molecule has 1 atom stereocenters. The molecule has 0 bridgehead atoms. The highest BCUT2D eigenvalue weighted by atomic mass is 32.1. The Hall–Kier alpha value is -1.79. The zero-order valence-corrected chi connectivity index (χ0v) is 12.9. The molecule has 0 amide bonds. The Morgan fingerprint density at radius 3 is 2.71 bits per heavy atom. The number of aryl methyl sites for hydroxylation is 2. The molecule has 0 saturated heterocycles. The minimum absolute atomic E-state index is 0.110. The van der Waals surface area contributed by atoms with E-state index in [1.54, 1.807) is 17.4 Å². The van der Waals surface area contributed by atoms with E-state index in [-0.39, 0.29) is 11.6 Å². The zero-order valence-electron chi connectivity index (χ0n) is 12.1. The number of carbonyl (C=O) groups is 1. The molecule has 1 aromatic heterocycles. The van der Waals surface area contributed by atoms with Crippen molar-refractivity contribution in [3.63, 3.8) is 0 Å². The maximum atomic E-state index is 13.6. The van der Waals surface area contributed by atoms with E-state index in [2.05, 4.69) is 10.3 Å². The van der Waals surface area contributed by atoms with Gasteiger partial charge in [0.25, 0.3) is 0 Å². The lowest BCUT2D eigenvalue weighted by Crippen LogP contribution is -2.18. The minimum Gasteiger partial charge on any atom is -0.478 e. The topological polar surface area (TPSA) is 62.2 Å². The normalized spacial score (nSPS) is 12.4. The predicted molar refractivity (Wildman–Crippen MR) is 80.2 cm³/mol. The van der Waals surface area contributed by atoms with Crippen LogP contribution in [0.5, 0.6) is 0 Å². The van der Waals surface area contributed by atoms with E-state index < -0.39 is 11.8 Å². The summed E-state index contributed by atoms with van der Waals surface area (Å²) in [6.45, 7) is 6.43. The van der Waals surface area contributed by atoms with Crippen molar-refractivity contribution < 1.29 is 14.3 Å². The average molecular weight is 308 g/mol. The number of hydrogen-bond donors (Lipinski definition) is 2. The first kappa shape index (κ1) is 15.6. The van der Waals surface area contributed by atoms with Gasteiger partial charge in [0.1, 0.15) is 5.82 Å². The second kappa shape index (κ2) is 6.32. The van der Waals surface area contributed by atoms with Gasteiger partial charge in [0.15, 0.2) is 0 Å². The van der Waals surface area contributed by atoms with Gasteiger partial charge >= 0.3 is 5.97 Å². The number of nitrogens with one attached hydrogen (secondary N) is 1. The standard InChI is InChI=1S/C15H17FN2O2S/c1-8(14-9(2)18-10(3)21-14)17-7-11-4-5-12(15(19)20)13(16)6-11/h4-6,8,17H,7H2,1-3H3,(H,19,20). The number of thiazole rings is 1. The molecule has 1 aromatic carbocycles. The van der Waals surface area contributed by atoms with E-state index in [0.717, 1.165) is 15.6 Å². The fourth-order valence-electron chi connectivity index (χ4n) is 2.15. The lowest BCUT2D eigenvalue weighted by Gasteiger charge is -2.13. The number of aromatic carboxylic acids is 1. The van der Waals surface area contributed by atoms with Gasteiger partial charge in [-0.1, -0.05) is 6.07 Å². The van der Waals surface area contributed by atoms with Crippen molar-refractivity contribution in [1.29, 1.82) is 0 Å². The smallest absolute Gasteiger partial charge is 0.338 e. The molecule has 0 aliphatic carbocycles. The van der Waals surface area contributed by atoms with Crippen LogP contribution in [-0.4, -0.2) is 16.1 Å². The van der Waals surface area contributed by atoms with E-state index in [1.165, 1.54) is 12.1 Å². The summed E-state index contributed by atoms with van der Waals surface area (Å²) in [5.41, 5.74) is 1.41. The van der Waals surface area contributed by atoms with Crippen LogP contribution >= 0.6 is 11.3 Å². The summed E-state index contributed by atoms with van der Waals surface area (Å²) in [5, 5.41) is 13.1. The molecule has 6 heteroatoms. The first-order chi connectivity index (χ1) is 9.88. The third-order valence-electron chi connectivity index (χ3n) is 3.21. The highest BCUT2D eigenvalue weighted by Crippen LogP contribution is 2.24. The van der Waals surface area contributed by atoms with Crippen LogP contribution in [0, 0.1) is 19.7 Å². The summed E-state index contributed by atoms with van der Waals surface area (Å²) in [6.07, 6.45) is 0. The molecule has 112 valence electrons. The van der Waals surface area contributed by atoms with Gasteiger partial charge < -0.3 is 10.4 Å². The van der Waals surface area contributed by atoms with Crippen molar-refractivity contribution in [3.05, 3.63) is 50.7 Å². The highest BCUT2D eigenvalue weighted by Gasteiger charge is 2.14. The summed E-state index contributed by atoms with van der Waals surface area (Å²) < 4.78 is 13.6. The molecule has 0 radical (unpaired) electrons. The largest absolute Gasteiger partial charge is 0.478 e. The van der Waals surface area contributed by atoms with E-state index in [9.17, 15) is 9.18 Å². The quantitative estimate of drug-likeness (QED) is 0.888. The summed E-state index contributed by atoms with van der Waals surface area (Å²) in [6, 6.07) is 4.28. The Morgan fingerprint density at radius 1 is 1.48 bits per heavy atom. The number of carboxylic acid groups (broad SMARTS) is 1. The molecule has 0 saturated carbocycles. The van der Waals surface area contributed by atoms with Gasteiger partial charge in [0.2, 0.25) is 0 Å². The van der Waals surface area contributed by atoms with Crippen molar-refractivity contribution in [2.24, 2.45) is 0 Å². The van der Waals surface area contributed by atoms with Crippen molar-refractivity contribution in [1.82, 2.24) is 10.3 Å². The molecular formula is C15H17FN2O2S. The van der Waals surface area contributed by atoms with Crippen molar-refractivity contribution >= 4 is 17.3 Å². The highest BCUT2D eigenvalue weighted by molar-refractivity contribution is 7.11. The van der Waals surface area contributed by atoms with Gasteiger partial charge in [0.05, 0.1) is 16.3 Å². The van der Waals surface area contributed by atoms with Crippen LogP contribution < -0.4 is 5.32 Å². The molecule has 0 fully saturated rings. The number of rotatable bonds is 5.